The zero-order valence-corrected chi connectivity index (χ0v) is 10.1. The van der Waals surface area contributed by atoms with E-state index in [-0.39, 0.29) is 11.4 Å². The number of rotatable bonds is 5. The molecule has 7 nitrogen and oxygen atoms in total. The number of anilines is 1. The fourth-order valence-electron chi connectivity index (χ4n) is 1.29. The molecule has 0 aliphatic carbocycles. The van der Waals surface area contributed by atoms with Crippen LogP contribution in [0.3, 0.4) is 0 Å². The van der Waals surface area contributed by atoms with E-state index in [1.165, 1.54) is 24.6 Å². The van der Waals surface area contributed by atoms with Gasteiger partial charge in [0, 0.05) is 6.20 Å². The van der Waals surface area contributed by atoms with Gasteiger partial charge in [-0.15, -0.1) is 0 Å². The van der Waals surface area contributed by atoms with E-state index >= 15 is 0 Å². The minimum Gasteiger partial charge on any atom is -0.468 e. The molecular formula is C10H12N4O3S. The van der Waals surface area contributed by atoms with Crippen LogP contribution in [-0.2, 0) is 16.6 Å². The lowest BCUT2D eigenvalue weighted by molar-refractivity contribution is 0.498. The number of furan rings is 1. The quantitative estimate of drug-likeness (QED) is 0.536. The molecule has 0 unspecified atom stereocenters. The van der Waals surface area contributed by atoms with Crippen LogP contribution in [0.1, 0.15) is 5.76 Å². The van der Waals surface area contributed by atoms with E-state index in [4.69, 9.17) is 10.3 Å². The van der Waals surface area contributed by atoms with Gasteiger partial charge in [-0.1, -0.05) is 0 Å². The molecule has 0 bridgehead atoms. The topological polar surface area (TPSA) is 110 Å². The van der Waals surface area contributed by atoms with Crippen molar-refractivity contribution < 1.29 is 12.8 Å². The molecule has 0 aromatic carbocycles. The van der Waals surface area contributed by atoms with Crippen molar-refractivity contribution in [2.24, 2.45) is 5.84 Å². The number of nitrogens with two attached hydrogens (primary N) is 1. The largest absolute Gasteiger partial charge is 0.468 e. The summed E-state index contributed by atoms with van der Waals surface area (Å²) in [7, 11) is -3.60. The lowest BCUT2D eigenvalue weighted by Crippen LogP contribution is -2.23. The van der Waals surface area contributed by atoms with Crippen LogP contribution >= 0.6 is 0 Å². The second kappa shape index (κ2) is 5.17. The molecule has 4 N–H and O–H groups in total. The van der Waals surface area contributed by atoms with Crippen molar-refractivity contribution in [1.82, 2.24) is 9.71 Å². The molecule has 18 heavy (non-hydrogen) atoms. The third-order valence-electron chi connectivity index (χ3n) is 2.21. The highest BCUT2D eigenvalue weighted by Crippen LogP contribution is 2.10. The first-order valence-corrected chi connectivity index (χ1v) is 6.55. The maximum Gasteiger partial charge on any atom is 0.242 e. The van der Waals surface area contributed by atoms with E-state index in [0.29, 0.717) is 11.6 Å². The standard InChI is InChI=1S/C10H12N4O3S/c11-14-10-4-3-9(7-12-10)18(15,16)13-6-8-2-1-5-17-8/h1-5,7,13H,6,11H2,(H,12,14). The predicted molar refractivity (Wildman–Crippen MR) is 64.8 cm³/mol. The Morgan fingerprint density at radius 1 is 1.33 bits per heavy atom. The normalized spacial score (nSPS) is 11.4. The molecule has 2 aromatic heterocycles. The lowest BCUT2D eigenvalue weighted by atomic mass is 10.5. The molecule has 0 radical (unpaired) electrons. The molecule has 0 saturated carbocycles. The third kappa shape index (κ3) is 2.86. The van der Waals surface area contributed by atoms with Crippen LogP contribution < -0.4 is 16.0 Å². The average Bonchev–Trinajstić information content (AvgIpc) is 2.90. The number of sulfonamides is 1. The minimum absolute atomic E-state index is 0.0630. The Bertz CT molecular complexity index is 593. The number of hydrogen-bond acceptors (Lipinski definition) is 6. The molecule has 2 aromatic rings. The van der Waals surface area contributed by atoms with Gasteiger partial charge in [0.25, 0.3) is 0 Å². The molecule has 0 spiro atoms. The van der Waals surface area contributed by atoms with Crippen molar-refractivity contribution in [1.29, 1.82) is 0 Å². The number of nitrogens with zero attached hydrogens (tertiary/aromatic N) is 1. The van der Waals surface area contributed by atoms with Gasteiger partial charge in [-0.3, -0.25) is 0 Å². The molecule has 2 rings (SSSR count). The van der Waals surface area contributed by atoms with E-state index in [9.17, 15) is 8.42 Å². The molecule has 8 heteroatoms. The first-order valence-electron chi connectivity index (χ1n) is 5.06. The Hall–Kier alpha value is -1.90. The van der Waals surface area contributed by atoms with Crippen LogP contribution in [0.25, 0.3) is 0 Å². The molecule has 96 valence electrons. The van der Waals surface area contributed by atoms with Crippen LogP contribution in [0.4, 0.5) is 5.82 Å². The van der Waals surface area contributed by atoms with Gasteiger partial charge in [-0.2, -0.15) is 0 Å². The highest BCUT2D eigenvalue weighted by atomic mass is 32.2. The lowest BCUT2D eigenvalue weighted by Gasteiger charge is -2.05. The summed E-state index contributed by atoms with van der Waals surface area (Å²) in [5.41, 5.74) is 2.32. The van der Waals surface area contributed by atoms with Gasteiger partial charge in [0.15, 0.2) is 0 Å². The molecule has 0 aliphatic heterocycles. The number of hydrazine groups is 1. The summed E-state index contributed by atoms with van der Waals surface area (Å²) in [5, 5.41) is 0. The molecule has 0 fully saturated rings. The van der Waals surface area contributed by atoms with Gasteiger partial charge in [-0.25, -0.2) is 24.0 Å². The molecular weight excluding hydrogens is 256 g/mol. The first-order chi connectivity index (χ1) is 8.62. The zero-order chi connectivity index (χ0) is 13.0. The van der Waals surface area contributed by atoms with Crippen molar-refractivity contribution >= 4 is 15.8 Å². The Morgan fingerprint density at radius 2 is 2.17 bits per heavy atom. The summed E-state index contributed by atoms with van der Waals surface area (Å²) in [6.07, 6.45) is 2.70. The van der Waals surface area contributed by atoms with Crippen LogP contribution in [-0.4, -0.2) is 13.4 Å². The third-order valence-corrected chi connectivity index (χ3v) is 3.60. The predicted octanol–water partition coefficient (Wildman–Crippen LogP) is 0.439. The SMILES string of the molecule is NNc1ccc(S(=O)(=O)NCc2ccco2)cn1. The van der Waals surface area contributed by atoms with Gasteiger partial charge in [0.05, 0.1) is 12.8 Å². The van der Waals surface area contributed by atoms with Gasteiger partial charge in [0.2, 0.25) is 10.0 Å². The van der Waals surface area contributed by atoms with Crippen molar-refractivity contribution in [3.8, 4) is 0 Å². The Morgan fingerprint density at radius 3 is 2.72 bits per heavy atom. The second-order valence-electron chi connectivity index (χ2n) is 3.43. The van der Waals surface area contributed by atoms with Crippen molar-refractivity contribution in [3.05, 3.63) is 42.5 Å². The van der Waals surface area contributed by atoms with Crippen LogP contribution in [0.5, 0.6) is 0 Å². The van der Waals surface area contributed by atoms with Crippen LogP contribution in [0.2, 0.25) is 0 Å². The Labute approximate surface area is 104 Å². The number of nitrogens with one attached hydrogen (secondary N) is 2. The summed E-state index contributed by atoms with van der Waals surface area (Å²) >= 11 is 0. The Kier molecular flexibility index (Phi) is 3.60. The minimum atomic E-state index is -3.60. The maximum absolute atomic E-state index is 11.9. The molecule has 2 heterocycles. The number of aromatic nitrogens is 1. The fourth-order valence-corrected chi connectivity index (χ4v) is 2.22. The first kappa shape index (κ1) is 12.6. The van der Waals surface area contributed by atoms with E-state index in [2.05, 4.69) is 15.1 Å². The van der Waals surface area contributed by atoms with E-state index < -0.39 is 10.0 Å². The molecule has 0 aliphatic rings. The van der Waals surface area contributed by atoms with Crippen molar-refractivity contribution in [2.45, 2.75) is 11.4 Å². The summed E-state index contributed by atoms with van der Waals surface area (Å²) in [5.74, 6) is 6.06. The smallest absolute Gasteiger partial charge is 0.242 e. The molecule has 0 saturated heterocycles. The summed E-state index contributed by atoms with van der Waals surface area (Å²) in [6.45, 7) is 0.0895. The summed E-state index contributed by atoms with van der Waals surface area (Å²) < 4.78 is 31.2. The summed E-state index contributed by atoms with van der Waals surface area (Å²) in [6, 6.07) is 6.25. The van der Waals surface area contributed by atoms with E-state index in [0.717, 1.165) is 0 Å². The Balaban J connectivity index is 2.09. The van der Waals surface area contributed by atoms with Gasteiger partial charge in [-0.05, 0) is 24.3 Å². The molecule has 0 atom stereocenters. The zero-order valence-electron chi connectivity index (χ0n) is 9.33. The maximum atomic E-state index is 11.9. The monoisotopic (exact) mass is 268 g/mol. The highest BCUT2D eigenvalue weighted by molar-refractivity contribution is 7.89. The number of nitrogen functional groups attached to an aromatic ring is 1. The fraction of sp³-hybridized carbons (Fsp3) is 0.100. The van der Waals surface area contributed by atoms with Gasteiger partial charge < -0.3 is 9.84 Å². The van der Waals surface area contributed by atoms with Crippen LogP contribution in [0.15, 0.2) is 46.0 Å². The van der Waals surface area contributed by atoms with E-state index in [1.54, 1.807) is 12.1 Å². The second-order valence-corrected chi connectivity index (χ2v) is 5.19. The average molecular weight is 268 g/mol. The summed E-state index contributed by atoms with van der Waals surface area (Å²) in [4.78, 5) is 3.89. The van der Waals surface area contributed by atoms with Crippen molar-refractivity contribution in [2.75, 3.05) is 5.43 Å². The highest BCUT2D eigenvalue weighted by Gasteiger charge is 2.14. The molecule has 0 amide bonds. The van der Waals surface area contributed by atoms with E-state index in [1.807, 2.05) is 0 Å². The van der Waals surface area contributed by atoms with Gasteiger partial charge >= 0.3 is 0 Å². The number of pyridine rings is 1. The number of hydrogen-bond donors (Lipinski definition) is 3. The van der Waals surface area contributed by atoms with Crippen molar-refractivity contribution in [3.63, 3.8) is 0 Å². The van der Waals surface area contributed by atoms with Gasteiger partial charge in [0.1, 0.15) is 16.5 Å². The van der Waals surface area contributed by atoms with Crippen LogP contribution in [0, 0.1) is 0 Å².